The number of H-pyrrole nitrogens is 1. The molecule has 3 rings (SSSR count). The maximum absolute atomic E-state index is 13.1. The molecule has 1 aromatic carbocycles. The molecule has 0 radical (unpaired) electrons. The van der Waals surface area contributed by atoms with Crippen molar-refractivity contribution < 1.29 is 13.3 Å². The zero-order valence-electron chi connectivity index (χ0n) is 9.91. The normalized spacial score (nSPS) is 11.3. The SMILES string of the molecule is Cc1cc(CSc2nc3cc(F)c(F)cc3[nH]2)no1. The molecule has 0 atom stereocenters. The van der Waals surface area contributed by atoms with Crippen molar-refractivity contribution in [1.82, 2.24) is 15.1 Å². The molecule has 0 unspecified atom stereocenters. The number of nitrogens with zero attached hydrogens (tertiary/aromatic N) is 2. The molecule has 7 heteroatoms. The van der Waals surface area contributed by atoms with E-state index in [-0.39, 0.29) is 0 Å². The van der Waals surface area contributed by atoms with Crippen LogP contribution in [-0.4, -0.2) is 15.1 Å². The summed E-state index contributed by atoms with van der Waals surface area (Å²) in [6.07, 6.45) is 0. The van der Waals surface area contributed by atoms with Crippen molar-refractivity contribution in [2.75, 3.05) is 0 Å². The molecule has 0 saturated heterocycles. The summed E-state index contributed by atoms with van der Waals surface area (Å²) in [5.74, 6) is -0.478. The molecular formula is C12H9F2N3OS. The van der Waals surface area contributed by atoms with E-state index in [0.29, 0.717) is 21.9 Å². The van der Waals surface area contributed by atoms with E-state index in [1.165, 1.54) is 11.8 Å². The number of imidazole rings is 1. The van der Waals surface area contributed by atoms with Crippen LogP contribution in [0.25, 0.3) is 11.0 Å². The molecule has 19 heavy (non-hydrogen) atoms. The molecule has 0 fully saturated rings. The summed E-state index contributed by atoms with van der Waals surface area (Å²) in [6.45, 7) is 1.81. The second-order valence-electron chi connectivity index (χ2n) is 4.04. The third-order valence-corrected chi connectivity index (χ3v) is 3.44. The van der Waals surface area contributed by atoms with Crippen LogP contribution in [0, 0.1) is 18.6 Å². The predicted molar refractivity (Wildman–Crippen MR) is 66.8 cm³/mol. The third kappa shape index (κ3) is 2.46. The van der Waals surface area contributed by atoms with E-state index >= 15 is 0 Å². The maximum atomic E-state index is 13.1. The highest BCUT2D eigenvalue weighted by Gasteiger charge is 2.10. The van der Waals surface area contributed by atoms with Crippen LogP contribution >= 0.6 is 11.8 Å². The first-order valence-corrected chi connectivity index (χ1v) is 6.50. The molecular weight excluding hydrogens is 272 g/mol. The summed E-state index contributed by atoms with van der Waals surface area (Å²) in [6, 6.07) is 4.00. The maximum Gasteiger partial charge on any atom is 0.166 e. The van der Waals surface area contributed by atoms with Gasteiger partial charge < -0.3 is 9.51 Å². The Morgan fingerprint density at radius 1 is 1.26 bits per heavy atom. The van der Waals surface area contributed by atoms with Gasteiger partial charge in [0.15, 0.2) is 16.8 Å². The fraction of sp³-hybridized carbons (Fsp3) is 0.167. The van der Waals surface area contributed by atoms with Gasteiger partial charge in [0, 0.05) is 24.0 Å². The van der Waals surface area contributed by atoms with Gasteiger partial charge in [-0.3, -0.25) is 0 Å². The van der Waals surface area contributed by atoms with Crippen molar-refractivity contribution in [1.29, 1.82) is 0 Å². The van der Waals surface area contributed by atoms with Gasteiger partial charge in [-0.15, -0.1) is 0 Å². The quantitative estimate of drug-likeness (QED) is 0.747. The number of aromatic nitrogens is 3. The Balaban J connectivity index is 1.81. The minimum Gasteiger partial charge on any atom is -0.361 e. The highest BCUT2D eigenvalue weighted by molar-refractivity contribution is 7.98. The van der Waals surface area contributed by atoms with Crippen LogP contribution in [0.3, 0.4) is 0 Å². The largest absolute Gasteiger partial charge is 0.361 e. The van der Waals surface area contributed by atoms with E-state index in [1.54, 1.807) is 0 Å². The average molecular weight is 281 g/mol. The van der Waals surface area contributed by atoms with Crippen LogP contribution in [0.1, 0.15) is 11.5 Å². The van der Waals surface area contributed by atoms with Crippen LogP contribution in [0.15, 0.2) is 27.9 Å². The highest BCUT2D eigenvalue weighted by atomic mass is 32.2. The minimum absolute atomic E-state index is 0.401. The van der Waals surface area contributed by atoms with Gasteiger partial charge >= 0.3 is 0 Å². The second kappa shape index (κ2) is 4.65. The van der Waals surface area contributed by atoms with E-state index in [1.807, 2.05) is 13.0 Å². The number of benzene rings is 1. The summed E-state index contributed by atoms with van der Waals surface area (Å²) in [5.41, 5.74) is 1.66. The number of aromatic amines is 1. The zero-order chi connectivity index (χ0) is 13.4. The van der Waals surface area contributed by atoms with E-state index < -0.39 is 11.6 Å². The van der Waals surface area contributed by atoms with Gasteiger partial charge in [-0.2, -0.15) is 0 Å². The topological polar surface area (TPSA) is 54.7 Å². The van der Waals surface area contributed by atoms with Gasteiger partial charge in [-0.05, 0) is 6.92 Å². The van der Waals surface area contributed by atoms with Gasteiger partial charge in [0.25, 0.3) is 0 Å². The summed E-state index contributed by atoms with van der Waals surface area (Å²) in [7, 11) is 0. The molecule has 0 aliphatic heterocycles. The van der Waals surface area contributed by atoms with Crippen LogP contribution in [0.4, 0.5) is 8.78 Å². The first-order valence-electron chi connectivity index (χ1n) is 5.51. The van der Waals surface area contributed by atoms with E-state index in [2.05, 4.69) is 15.1 Å². The number of hydrogen-bond donors (Lipinski definition) is 1. The van der Waals surface area contributed by atoms with Crippen molar-refractivity contribution in [2.45, 2.75) is 17.8 Å². The van der Waals surface area contributed by atoms with Crippen molar-refractivity contribution in [2.24, 2.45) is 0 Å². The molecule has 1 N–H and O–H groups in total. The number of nitrogens with one attached hydrogen (secondary N) is 1. The fourth-order valence-electron chi connectivity index (χ4n) is 1.68. The molecule has 2 aromatic heterocycles. The standard InChI is InChI=1S/C12H9F2N3OS/c1-6-2-7(17-18-6)5-19-12-15-10-3-8(13)9(14)4-11(10)16-12/h2-4H,5H2,1H3,(H,15,16). The minimum atomic E-state index is -0.900. The molecule has 0 saturated carbocycles. The summed E-state index contributed by atoms with van der Waals surface area (Å²) in [5, 5.41) is 4.44. The predicted octanol–water partition coefficient (Wildman–Crippen LogP) is 3.43. The molecule has 4 nitrogen and oxygen atoms in total. The highest BCUT2D eigenvalue weighted by Crippen LogP contribution is 2.24. The van der Waals surface area contributed by atoms with Crippen LogP contribution in [-0.2, 0) is 5.75 Å². The first kappa shape index (κ1) is 12.2. The van der Waals surface area contributed by atoms with E-state index in [9.17, 15) is 8.78 Å². The monoisotopic (exact) mass is 281 g/mol. The lowest BCUT2D eigenvalue weighted by Gasteiger charge is -1.91. The summed E-state index contributed by atoms with van der Waals surface area (Å²) in [4.78, 5) is 7.11. The van der Waals surface area contributed by atoms with Gasteiger partial charge in [0.2, 0.25) is 0 Å². The van der Waals surface area contributed by atoms with Crippen molar-refractivity contribution >= 4 is 22.8 Å². The van der Waals surface area contributed by atoms with Gasteiger partial charge in [-0.1, -0.05) is 16.9 Å². The third-order valence-electron chi connectivity index (χ3n) is 2.54. The average Bonchev–Trinajstić information content (AvgIpc) is 2.93. The fourth-order valence-corrected chi connectivity index (χ4v) is 2.44. The number of rotatable bonds is 3. The molecule has 0 aliphatic carbocycles. The van der Waals surface area contributed by atoms with Crippen LogP contribution in [0.2, 0.25) is 0 Å². The van der Waals surface area contributed by atoms with Gasteiger partial charge in [-0.25, -0.2) is 13.8 Å². The molecule has 0 spiro atoms. The molecule has 98 valence electrons. The second-order valence-corrected chi connectivity index (χ2v) is 5.01. The summed E-state index contributed by atoms with van der Waals surface area (Å²) >= 11 is 1.39. The van der Waals surface area contributed by atoms with E-state index in [0.717, 1.165) is 23.6 Å². The zero-order valence-corrected chi connectivity index (χ0v) is 10.7. The Hall–Kier alpha value is -1.89. The van der Waals surface area contributed by atoms with Crippen molar-refractivity contribution in [3.8, 4) is 0 Å². The Labute approximate surface area is 111 Å². The first-order chi connectivity index (χ1) is 9.11. The van der Waals surface area contributed by atoms with Crippen molar-refractivity contribution in [3.63, 3.8) is 0 Å². The molecule has 2 heterocycles. The van der Waals surface area contributed by atoms with Gasteiger partial charge in [0.1, 0.15) is 5.76 Å². The molecule has 0 aliphatic rings. The lowest BCUT2D eigenvalue weighted by Crippen LogP contribution is -1.82. The Bertz CT molecular complexity index is 699. The Morgan fingerprint density at radius 2 is 2.05 bits per heavy atom. The molecule has 3 aromatic rings. The number of fused-ring (bicyclic) bond motifs is 1. The molecule has 0 amide bonds. The Kier molecular flexibility index (Phi) is 2.98. The number of thioether (sulfide) groups is 1. The lowest BCUT2D eigenvalue weighted by atomic mass is 10.3. The number of halogens is 2. The summed E-state index contributed by atoms with van der Waals surface area (Å²) < 4.78 is 31.1. The Morgan fingerprint density at radius 3 is 2.79 bits per heavy atom. The van der Waals surface area contributed by atoms with E-state index in [4.69, 9.17) is 4.52 Å². The van der Waals surface area contributed by atoms with Crippen molar-refractivity contribution in [3.05, 3.63) is 41.3 Å². The number of aryl methyl sites for hydroxylation is 1. The smallest absolute Gasteiger partial charge is 0.166 e. The molecule has 0 bridgehead atoms. The number of hydrogen-bond acceptors (Lipinski definition) is 4. The lowest BCUT2D eigenvalue weighted by molar-refractivity contribution is 0.393. The van der Waals surface area contributed by atoms with Crippen LogP contribution in [0.5, 0.6) is 0 Å². The van der Waals surface area contributed by atoms with Crippen LogP contribution < -0.4 is 0 Å². The van der Waals surface area contributed by atoms with Gasteiger partial charge in [0.05, 0.1) is 16.7 Å².